The second-order valence-electron chi connectivity index (χ2n) is 4.50. The summed E-state index contributed by atoms with van der Waals surface area (Å²) >= 11 is 0. The molecule has 0 amide bonds. The molecule has 6 heteroatoms. The van der Waals surface area contributed by atoms with Gasteiger partial charge in [0.2, 0.25) is 10.0 Å². The summed E-state index contributed by atoms with van der Waals surface area (Å²) in [7, 11) is -3.75. The van der Waals surface area contributed by atoms with Gasteiger partial charge in [-0.25, -0.2) is 13.6 Å². The lowest BCUT2D eigenvalue weighted by atomic mass is 10.1. The number of nitrogens with one attached hydrogen (secondary N) is 1. The van der Waals surface area contributed by atoms with E-state index in [1.165, 1.54) is 17.7 Å². The van der Waals surface area contributed by atoms with Gasteiger partial charge >= 0.3 is 0 Å². The van der Waals surface area contributed by atoms with E-state index in [-0.39, 0.29) is 4.90 Å². The van der Waals surface area contributed by atoms with Gasteiger partial charge in [-0.3, -0.25) is 0 Å². The molecule has 2 rings (SSSR count). The maximum absolute atomic E-state index is 11.3. The van der Waals surface area contributed by atoms with E-state index in [0.717, 1.165) is 6.42 Å². The third-order valence-electron chi connectivity index (χ3n) is 2.84. The van der Waals surface area contributed by atoms with Crippen LogP contribution in [0.15, 0.2) is 53.4 Å². The smallest absolute Gasteiger partial charge is 0.238 e. The van der Waals surface area contributed by atoms with E-state index in [0.29, 0.717) is 17.9 Å². The molecule has 0 saturated heterocycles. The van der Waals surface area contributed by atoms with Gasteiger partial charge in [-0.1, -0.05) is 30.3 Å². The van der Waals surface area contributed by atoms with Crippen molar-refractivity contribution >= 4 is 21.4 Å². The van der Waals surface area contributed by atoms with E-state index >= 15 is 0 Å². The molecule has 0 radical (unpaired) electrons. The molecule has 5 N–H and O–H groups in total. The molecule has 0 atom stereocenters. The summed E-state index contributed by atoms with van der Waals surface area (Å²) in [4.78, 5) is 0.0136. The normalized spacial score (nSPS) is 11.2. The number of primary sulfonamides is 1. The van der Waals surface area contributed by atoms with Crippen molar-refractivity contribution < 1.29 is 8.42 Å². The Bertz CT molecular complexity index is 685. The number of benzene rings is 2. The third kappa shape index (κ3) is 3.97. The summed E-state index contributed by atoms with van der Waals surface area (Å²) < 4.78 is 22.7. The lowest BCUT2D eigenvalue weighted by molar-refractivity contribution is 0.598. The number of nitrogens with two attached hydrogens (primary N) is 2. The van der Waals surface area contributed by atoms with Crippen molar-refractivity contribution in [3.63, 3.8) is 0 Å². The Kier molecular flexibility index (Phi) is 4.26. The molecule has 2 aromatic carbocycles. The van der Waals surface area contributed by atoms with Crippen LogP contribution in [0.5, 0.6) is 0 Å². The fourth-order valence-corrected chi connectivity index (χ4v) is 2.48. The number of hydrogen-bond acceptors (Lipinski definition) is 4. The van der Waals surface area contributed by atoms with Gasteiger partial charge in [0.1, 0.15) is 0 Å². The zero-order valence-electron chi connectivity index (χ0n) is 10.9. The first-order valence-corrected chi connectivity index (χ1v) is 7.71. The number of rotatable bonds is 5. The first kappa shape index (κ1) is 14.4. The zero-order chi connectivity index (χ0) is 14.6. The molecule has 0 saturated carbocycles. The highest BCUT2D eigenvalue weighted by atomic mass is 32.2. The van der Waals surface area contributed by atoms with Crippen LogP contribution in [0.3, 0.4) is 0 Å². The Morgan fingerprint density at radius 1 is 1.05 bits per heavy atom. The van der Waals surface area contributed by atoms with Gasteiger partial charge in [0.15, 0.2) is 0 Å². The minimum Gasteiger partial charge on any atom is -0.399 e. The van der Waals surface area contributed by atoms with Gasteiger partial charge in [-0.2, -0.15) is 0 Å². The number of sulfonamides is 1. The maximum Gasteiger partial charge on any atom is 0.238 e. The predicted octanol–water partition coefficient (Wildman–Crippen LogP) is 1.57. The van der Waals surface area contributed by atoms with E-state index in [1.807, 2.05) is 30.3 Å². The molecule has 106 valence electrons. The van der Waals surface area contributed by atoms with Gasteiger partial charge in [0.25, 0.3) is 0 Å². The van der Waals surface area contributed by atoms with Crippen LogP contribution in [-0.2, 0) is 16.4 Å². The minimum absolute atomic E-state index is 0.0136. The van der Waals surface area contributed by atoms with Crippen LogP contribution < -0.4 is 16.2 Å². The topological polar surface area (TPSA) is 98.2 Å². The van der Waals surface area contributed by atoms with Crippen molar-refractivity contribution in [3.05, 3.63) is 54.1 Å². The van der Waals surface area contributed by atoms with Gasteiger partial charge in [-0.05, 0) is 30.2 Å². The van der Waals surface area contributed by atoms with Gasteiger partial charge in [-0.15, -0.1) is 0 Å². The molecule has 20 heavy (non-hydrogen) atoms. The average Bonchev–Trinajstić information content (AvgIpc) is 2.38. The summed E-state index contributed by atoms with van der Waals surface area (Å²) in [6, 6.07) is 14.5. The molecule has 0 aromatic heterocycles. The molecule has 5 nitrogen and oxygen atoms in total. The number of hydrogen-bond donors (Lipinski definition) is 3. The van der Waals surface area contributed by atoms with E-state index in [1.54, 1.807) is 6.07 Å². The van der Waals surface area contributed by atoms with E-state index in [9.17, 15) is 8.42 Å². The standard InChI is InChI=1S/C14H17N3O2S/c15-12-8-13(10-14(9-12)20(16,18)19)17-7-6-11-4-2-1-3-5-11/h1-5,8-10,17H,6-7,15H2,(H2,16,18,19). The van der Waals surface area contributed by atoms with Crippen molar-refractivity contribution in [2.45, 2.75) is 11.3 Å². The second kappa shape index (κ2) is 5.94. The average molecular weight is 291 g/mol. The highest BCUT2D eigenvalue weighted by Gasteiger charge is 2.09. The highest BCUT2D eigenvalue weighted by molar-refractivity contribution is 7.89. The van der Waals surface area contributed by atoms with Crippen LogP contribution in [-0.4, -0.2) is 15.0 Å². The van der Waals surface area contributed by atoms with Crippen LogP contribution in [0, 0.1) is 0 Å². The first-order chi connectivity index (χ1) is 9.45. The Morgan fingerprint density at radius 2 is 1.75 bits per heavy atom. The fraction of sp³-hybridized carbons (Fsp3) is 0.143. The Morgan fingerprint density at radius 3 is 2.40 bits per heavy atom. The molecule has 0 unspecified atom stereocenters. The molecular formula is C14H17N3O2S. The molecule has 0 spiro atoms. The van der Waals surface area contributed by atoms with Crippen LogP contribution >= 0.6 is 0 Å². The lowest BCUT2D eigenvalue weighted by Gasteiger charge is -2.09. The second-order valence-corrected chi connectivity index (χ2v) is 6.06. The molecule has 0 aliphatic heterocycles. The van der Waals surface area contributed by atoms with Gasteiger partial charge < -0.3 is 11.1 Å². The quantitative estimate of drug-likeness (QED) is 0.728. The fourth-order valence-electron chi connectivity index (χ4n) is 1.88. The van der Waals surface area contributed by atoms with Crippen LogP contribution in [0.2, 0.25) is 0 Å². The Hall–Kier alpha value is -2.05. The first-order valence-electron chi connectivity index (χ1n) is 6.16. The van der Waals surface area contributed by atoms with Crippen molar-refractivity contribution in [3.8, 4) is 0 Å². The van der Waals surface area contributed by atoms with Crippen molar-refractivity contribution in [1.29, 1.82) is 0 Å². The summed E-state index contributed by atoms with van der Waals surface area (Å²) in [6.07, 6.45) is 0.834. The minimum atomic E-state index is -3.75. The van der Waals surface area contributed by atoms with E-state index < -0.39 is 10.0 Å². The Labute approximate surface area is 118 Å². The van der Waals surface area contributed by atoms with Crippen LogP contribution in [0.25, 0.3) is 0 Å². The van der Waals surface area contributed by atoms with Crippen LogP contribution in [0.4, 0.5) is 11.4 Å². The van der Waals surface area contributed by atoms with Crippen molar-refractivity contribution in [2.24, 2.45) is 5.14 Å². The molecule has 0 aliphatic rings. The summed E-state index contributed by atoms with van der Waals surface area (Å²) in [6.45, 7) is 0.678. The van der Waals surface area contributed by atoms with Gasteiger partial charge in [0.05, 0.1) is 4.90 Å². The zero-order valence-corrected chi connectivity index (χ0v) is 11.7. The SMILES string of the molecule is Nc1cc(NCCc2ccccc2)cc(S(N)(=O)=O)c1. The monoisotopic (exact) mass is 291 g/mol. The lowest BCUT2D eigenvalue weighted by Crippen LogP contribution is -2.13. The van der Waals surface area contributed by atoms with Crippen molar-refractivity contribution in [2.75, 3.05) is 17.6 Å². The molecule has 0 bridgehead atoms. The molecule has 0 fully saturated rings. The highest BCUT2D eigenvalue weighted by Crippen LogP contribution is 2.19. The largest absolute Gasteiger partial charge is 0.399 e. The van der Waals surface area contributed by atoms with Crippen molar-refractivity contribution in [1.82, 2.24) is 0 Å². The van der Waals surface area contributed by atoms with Gasteiger partial charge in [0, 0.05) is 17.9 Å². The number of nitrogen functional groups attached to an aromatic ring is 1. The summed E-state index contributed by atoms with van der Waals surface area (Å²) in [5, 5.41) is 8.25. The summed E-state index contributed by atoms with van der Waals surface area (Å²) in [5.74, 6) is 0. The van der Waals surface area contributed by atoms with E-state index in [4.69, 9.17) is 10.9 Å². The maximum atomic E-state index is 11.3. The number of anilines is 2. The molecule has 0 heterocycles. The predicted molar refractivity (Wildman–Crippen MR) is 80.9 cm³/mol. The molecule has 2 aromatic rings. The molecular weight excluding hydrogens is 274 g/mol. The third-order valence-corrected chi connectivity index (χ3v) is 3.74. The van der Waals surface area contributed by atoms with E-state index in [2.05, 4.69) is 5.32 Å². The molecule has 0 aliphatic carbocycles. The Balaban J connectivity index is 2.05. The van der Waals surface area contributed by atoms with Crippen LogP contribution in [0.1, 0.15) is 5.56 Å². The summed E-state index contributed by atoms with van der Waals surface area (Å²) in [5.41, 5.74) is 7.89.